The van der Waals surface area contributed by atoms with Gasteiger partial charge in [-0.2, -0.15) is 0 Å². The van der Waals surface area contributed by atoms with Gasteiger partial charge in [0.1, 0.15) is 5.75 Å². The number of carbonyl (C=O) groups is 2. The Morgan fingerprint density at radius 2 is 1.21 bits per heavy atom. The van der Waals surface area contributed by atoms with Gasteiger partial charge in [0, 0.05) is 16.8 Å². The summed E-state index contributed by atoms with van der Waals surface area (Å²) in [5, 5.41) is 16.6. The lowest BCUT2D eigenvalue weighted by atomic mass is 9.79. The van der Waals surface area contributed by atoms with Gasteiger partial charge in [-0.15, -0.1) is 11.8 Å². The molecular weight excluding hydrogens is 492 g/mol. The van der Waals surface area contributed by atoms with Gasteiger partial charge in [-0.3, -0.25) is 9.59 Å². The standard InChI is InChI=1S/C32H56N2O3S/c1-10-11-12-13-14-15-16-17-18-19-20-38-32(8,9)29(37)33-23-27(35)34-24-21-25(30(2,3)4)28(36)26(22-24)31(5,6)7/h21-22,36H,10-20,23H2,1-9H3,(H,33,37)(H,34,35). The maximum atomic E-state index is 12.8. The van der Waals surface area contributed by atoms with Gasteiger partial charge in [-0.05, 0) is 49.0 Å². The molecule has 0 fully saturated rings. The number of hydrogen-bond acceptors (Lipinski definition) is 4. The largest absolute Gasteiger partial charge is 0.507 e. The molecule has 3 N–H and O–H groups in total. The molecule has 38 heavy (non-hydrogen) atoms. The predicted molar refractivity (Wildman–Crippen MR) is 166 cm³/mol. The van der Waals surface area contributed by atoms with Crippen LogP contribution in [0.2, 0.25) is 0 Å². The fourth-order valence-corrected chi connectivity index (χ4v) is 5.47. The van der Waals surface area contributed by atoms with Crippen molar-refractivity contribution in [3.63, 3.8) is 0 Å². The van der Waals surface area contributed by atoms with Crippen LogP contribution in [0.1, 0.15) is 138 Å². The van der Waals surface area contributed by atoms with Crippen molar-refractivity contribution in [2.45, 2.75) is 142 Å². The lowest BCUT2D eigenvalue weighted by molar-refractivity contribution is -0.125. The van der Waals surface area contributed by atoms with Gasteiger partial charge in [0.25, 0.3) is 0 Å². The first kappa shape index (κ1) is 34.3. The number of carbonyl (C=O) groups excluding carboxylic acids is 2. The molecule has 6 heteroatoms. The van der Waals surface area contributed by atoms with Crippen LogP contribution in [0.15, 0.2) is 12.1 Å². The van der Waals surface area contributed by atoms with Crippen molar-refractivity contribution in [2.24, 2.45) is 0 Å². The van der Waals surface area contributed by atoms with Gasteiger partial charge in [0.05, 0.1) is 11.3 Å². The number of phenols is 1. The van der Waals surface area contributed by atoms with Crippen molar-refractivity contribution in [1.82, 2.24) is 5.32 Å². The van der Waals surface area contributed by atoms with Crippen LogP contribution in [0, 0.1) is 0 Å². The molecule has 0 heterocycles. The smallest absolute Gasteiger partial charge is 0.243 e. The molecule has 0 aliphatic carbocycles. The number of thioether (sulfide) groups is 1. The summed E-state index contributed by atoms with van der Waals surface area (Å²) in [5.41, 5.74) is 1.64. The summed E-state index contributed by atoms with van der Waals surface area (Å²) < 4.78 is -0.586. The van der Waals surface area contributed by atoms with E-state index in [0.29, 0.717) is 5.69 Å². The number of anilines is 1. The van der Waals surface area contributed by atoms with Crippen LogP contribution in [0.25, 0.3) is 0 Å². The Kier molecular flexibility index (Phi) is 14.3. The second-order valence-corrected chi connectivity index (χ2v) is 14.9. The summed E-state index contributed by atoms with van der Waals surface area (Å²) in [4.78, 5) is 25.5. The third kappa shape index (κ3) is 12.4. The van der Waals surface area contributed by atoms with Crippen molar-refractivity contribution in [2.75, 3.05) is 17.6 Å². The van der Waals surface area contributed by atoms with E-state index in [1.54, 1.807) is 11.8 Å². The zero-order valence-electron chi connectivity index (χ0n) is 25.8. The fraction of sp³-hybridized carbons (Fsp3) is 0.750. The van der Waals surface area contributed by atoms with Crippen LogP contribution in [-0.4, -0.2) is 34.0 Å². The first-order valence-corrected chi connectivity index (χ1v) is 15.7. The molecule has 0 spiro atoms. The van der Waals surface area contributed by atoms with E-state index < -0.39 is 4.75 Å². The molecule has 0 radical (unpaired) electrons. The molecule has 0 unspecified atom stereocenters. The number of unbranched alkanes of at least 4 members (excludes halogenated alkanes) is 9. The highest BCUT2D eigenvalue weighted by Crippen LogP contribution is 2.41. The average molecular weight is 549 g/mol. The molecule has 0 atom stereocenters. The molecule has 0 saturated heterocycles. The summed E-state index contributed by atoms with van der Waals surface area (Å²) in [7, 11) is 0. The molecule has 1 aromatic rings. The van der Waals surface area contributed by atoms with Crippen molar-refractivity contribution >= 4 is 29.3 Å². The Morgan fingerprint density at radius 1 is 0.763 bits per heavy atom. The number of hydrogen-bond donors (Lipinski definition) is 3. The summed E-state index contributed by atoms with van der Waals surface area (Å²) >= 11 is 1.66. The summed E-state index contributed by atoms with van der Waals surface area (Å²) in [6.07, 6.45) is 13.0. The first-order chi connectivity index (χ1) is 17.6. The van der Waals surface area contributed by atoms with Gasteiger partial charge in [0.2, 0.25) is 11.8 Å². The lowest BCUT2D eigenvalue weighted by Crippen LogP contribution is -2.43. The quantitative estimate of drug-likeness (QED) is 0.143. The molecule has 218 valence electrons. The van der Waals surface area contributed by atoms with Crippen molar-refractivity contribution in [1.29, 1.82) is 0 Å². The second-order valence-electron chi connectivity index (χ2n) is 13.2. The zero-order chi connectivity index (χ0) is 29.0. The minimum Gasteiger partial charge on any atom is -0.507 e. The van der Waals surface area contributed by atoms with E-state index >= 15 is 0 Å². The Bertz CT molecular complexity index is 847. The number of rotatable bonds is 16. The van der Waals surface area contributed by atoms with Crippen LogP contribution >= 0.6 is 11.8 Å². The van der Waals surface area contributed by atoms with Gasteiger partial charge in [-0.1, -0.05) is 106 Å². The first-order valence-electron chi connectivity index (χ1n) is 14.7. The number of benzene rings is 1. The number of phenolic OH excluding ortho intramolecular Hbond substituents is 1. The predicted octanol–water partition coefficient (Wildman–Crippen LogP) is 8.47. The van der Waals surface area contributed by atoms with E-state index in [1.165, 1.54) is 57.8 Å². The molecule has 0 bridgehead atoms. The molecular formula is C32H56N2O3S. The minimum atomic E-state index is -0.586. The number of nitrogens with one attached hydrogen (secondary N) is 2. The average Bonchev–Trinajstić information content (AvgIpc) is 2.80. The number of amides is 2. The second kappa shape index (κ2) is 15.8. The molecule has 0 aliphatic rings. The normalized spacial score (nSPS) is 12.4. The molecule has 1 rings (SSSR count). The minimum absolute atomic E-state index is 0.0857. The van der Waals surface area contributed by atoms with E-state index in [4.69, 9.17) is 0 Å². The van der Waals surface area contributed by atoms with Crippen molar-refractivity contribution in [3.8, 4) is 5.75 Å². The third-order valence-corrected chi connectivity index (χ3v) is 8.33. The Hall–Kier alpha value is -1.69. The highest BCUT2D eigenvalue weighted by atomic mass is 32.2. The maximum Gasteiger partial charge on any atom is 0.243 e. The molecule has 0 aromatic heterocycles. The highest BCUT2D eigenvalue weighted by molar-refractivity contribution is 8.01. The lowest BCUT2D eigenvalue weighted by Gasteiger charge is -2.28. The topological polar surface area (TPSA) is 78.4 Å². The van der Waals surface area contributed by atoms with Crippen molar-refractivity contribution in [3.05, 3.63) is 23.3 Å². The van der Waals surface area contributed by atoms with E-state index in [2.05, 4.69) is 17.6 Å². The van der Waals surface area contributed by atoms with Crippen LogP contribution in [0.4, 0.5) is 5.69 Å². The van der Waals surface area contributed by atoms with E-state index in [0.717, 1.165) is 23.3 Å². The maximum absolute atomic E-state index is 12.8. The molecule has 5 nitrogen and oxygen atoms in total. The van der Waals surface area contributed by atoms with E-state index in [1.807, 2.05) is 67.5 Å². The van der Waals surface area contributed by atoms with Gasteiger partial charge in [-0.25, -0.2) is 0 Å². The molecule has 0 saturated carbocycles. The summed E-state index contributed by atoms with van der Waals surface area (Å²) in [5.74, 6) is 0.819. The molecule has 0 aliphatic heterocycles. The SMILES string of the molecule is CCCCCCCCCCCCSC(C)(C)C(=O)NCC(=O)Nc1cc(C(C)(C)C)c(O)c(C(C)(C)C)c1. The van der Waals surface area contributed by atoms with Crippen LogP contribution in [-0.2, 0) is 20.4 Å². The van der Waals surface area contributed by atoms with E-state index in [-0.39, 0.29) is 34.9 Å². The Labute approximate surface area is 237 Å². The van der Waals surface area contributed by atoms with Gasteiger partial charge >= 0.3 is 0 Å². The van der Waals surface area contributed by atoms with Crippen molar-refractivity contribution < 1.29 is 14.7 Å². The van der Waals surface area contributed by atoms with Crippen LogP contribution in [0.3, 0.4) is 0 Å². The van der Waals surface area contributed by atoms with Crippen LogP contribution < -0.4 is 10.6 Å². The molecule has 1 aromatic carbocycles. The highest BCUT2D eigenvalue weighted by Gasteiger charge is 2.29. The zero-order valence-corrected chi connectivity index (χ0v) is 26.6. The fourth-order valence-electron chi connectivity index (χ4n) is 4.41. The summed E-state index contributed by atoms with van der Waals surface area (Å²) in [6.45, 7) is 18.2. The van der Waals surface area contributed by atoms with Gasteiger partial charge < -0.3 is 15.7 Å². The molecule has 2 amide bonds. The summed E-state index contributed by atoms with van der Waals surface area (Å²) in [6, 6.07) is 3.66. The number of aromatic hydroxyl groups is 1. The Morgan fingerprint density at radius 3 is 1.66 bits per heavy atom. The van der Waals surface area contributed by atoms with Crippen LogP contribution in [0.5, 0.6) is 5.75 Å². The monoisotopic (exact) mass is 548 g/mol. The Balaban J connectivity index is 2.50. The van der Waals surface area contributed by atoms with Gasteiger partial charge in [0.15, 0.2) is 0 Å². The van der Waals surface area contributed by atoms with E-state index in [9.17, 15) is 14.7 Å². The third-order valence-electron chi connectivity index (χ3n) is 6.93.